The third-order valence-electron chi connectivity index (χ3n) is 2.68. The first-order valence-electron chi connectivity index (χ1n) is 5.81. The summed E-state index contributed by atoms with van der Waals surface area (Å²) in [7, 11) is -3.91. The number of halogens is 1. The lowest BCUT2D eigenvalue weighted by Gasteiger charge is -2.09. The van der Waals surface area contributed by atoms with Gasteiger partial charge in [0.25, 0.3) is 0 Å². The summed E-state index contributed by atoms with van der Waals surface area (Å²) >= 11 is 5.85. The highest BCUT2D eigenvalue weighted by molar-refractivity contribution is 7.89. The van der Waals surface area contributed by atoms with Crippen molar-refractivity contribution in [3.8, 4) is 0 Å². The van der Waals surface area contributed by atoms with Crippen LogP contribution in [0.4, 0.5) is 0 Å². The van der Waals surface area contributed by atoms with E-state index in [1.54, 1.807) is 24.5 Å². The minimum Gasteiger partial charge on any atom is -0.478 e. The second-order valence-electron chi connectivity index (χ2n) is 4.13. The number of aromatic nitrogens is 1. The van der Waals surface area contributed by atoms with Crippen LogP contribution >= 0.6 is 11.6 Å². The Balaban J connectivity index is 2.27. The van der Waals surface area contributed by atoms with Gasteiger partial charge in [-0.25, -0.2) is 17.9 Å². The highest BCUT2D eigenvalue weighted by Crippen LogP contribution is 2.22. The topological polar surface area (TPSA) is 96.4 Å². The summed E-state index contributed by atoms with van der Waals surface area (Å²) in [5, 5.41) is 8.87. The summed E-state index contributed by atoms with van der Waals surface area (Å²) in [6.45, 7) is 0.0540. The maximum atomic E-state index is 12.2. The van der Waals surface area contributed by atoms with Gasteiger partial charge < -0.3 is 5.11 Å². The molecule has 2 N–H and O–H groups in total. The number of sulfonamides is 1. The van der Waals surface area contributed by atoms with Gasteiger partial charge in [0.2, 0.25) is 10.0 Å². The predicted octanol–water partition coefficient (Wildman–Crippen LogP) is 1.91. The Morgan fingerprint density at radius 3 is 2.52 bits per heavy atom. The molecule has 0 amide bonds. The molecule has 0 saturated heterocycles. The van der Waals surface area contributed by atoms with Crippen molar-refractivity contribution >= 4 is 27.6 Å². The van der Waals surface area contributed by atoms with E-state index < -0.39 is 16.0 Å². The molecule has 8 heteroatoms. The van der Waals surface area contributed by atoms with Crippen LogP contribution in [0.15, 0.2) is 47.6 Å². The lowest BCUT2D eigenvalue weighted by Crippen LogP contribution is -2.23. The van der Waals surface area contributed by atoms with Crippen LogP contribution in [0.1, 0.15) is 15.9 Å². The van der Waals surface area contributed by atoms with Crippen molar-refractivity contribution in [3.05, 3.63) is 58.9 Å². The van der Waals surface area contributed by atoms with Crippen LogP contribution < -0.4 is 4.72 Å². The molecule has 6 nitrogen and oxygen atoms in total. The quantitative estimate of drug-likeness (QED) is 0.875. The SMILES string of the molecule is O=C(O)c1ccc(Cl)c(S(=O)(=O)NCc2ccncc2)c1. The van der Waals surface area contributed by atoms with Gasteiger partial charge in [-0.3, -0.25) is 4.98 Å². The summed E-state index contributed by atoms with van der Waals surface area (Å²) in [6.07, 6.45) is 3.09. The second kappa shape index (κ2) is 6.21. The Kier molecular flexibility index (Phi) is 4.56. The standard InChI is InChI=1S/C13H11ClN2O4S/c14-11-2-1-10(13(17)18)7-12(11)21(19,20)16-8-9-3-5-15-6-4-9/h1-7,16H,8H2,(H,17,18). The van der Waals surface area contributed by atoms with Gasteiger partial charge in [-0.05, 0) is 35.9 Å². The predicted molar refractivity (Wildman–Crippen MR) is 76.7 cm³/mol. The molecule has 1 aromatic heterocycles. The van der Waals surface area contributed by atoms with E-state index in [0.717, 1.165) is 11.6 Å². The highest BCUT2D eigenvalue weighted by Gasteiger charge is 2.19. The van der Waals surface area contributed by atoms with Crippen molar-refractivity contribution in [2.24, 2.45) is 0 Å². The average molecular weight is 327 g/mol. The molecule has 0 saturated carbocycles. The van der Waals surface area contributed by atoms with E-state index in [1.165, 1.54) is 12.1 Å². The van der Waals surface area contributed by atoms with Crippen molar-refractivity contribution in [2.45, 2.75) is 11.4 Å². The van der Waals surface area contributed by atoms with Gasteiger partial charge in [0.15, 0.2) is 0 Å². The van der Waals surface area contributed by atoms with Crippen molar-refractivity contribution in [3.63, 3.8) is 0 Å². The number of aromatic carboxylic acids is 1. The van der Waals surface area contributed by atoms with Crippen LogP contribution in [0.25, 0.3) is 0 Å². The zero-order valence-corrected chi connectivity index (χ0v) is 12.2. The minimum atomic E-state index is -3.91. The fraction of sp³-hybridized carbons (Fsp3) is 0.0769. The van der Waals surface area contributed by atoms with Crippen LogP contribution in [-0.2, 0) is 16.6 Å². The Hall–Kier alpha value is -1.96. The van der Waals surface area contributed by atoms with E-state index in [2.05, 4.69) is 9.71 Å². The Bertz CT molecular complexity index is 763. The van der Waals surface area contributed by atoms with Gasteiger partial charge in [-0.1, -0.05) is 11.6 Å². The maximum absolute atomic E-state index is 12.2. The number of nitrogens with one attached hydrogen (secondary N) is 1. The first kappa shape index (κ1) is 15.4. The maximum Gasteiger partial charge on any atom is 0.335 e. The molecule has 110 valence electrons. The number of carboxylic acids is 1. The average Bonchev–Trinajstić information content (AvgIpc) is 2.46. The van der Waals surface area contributed by atoms with Gasteiger partial charge in [0.05, 0.1) is 10.6 Å². The molecule has 0 aliphatic rings. The number of rotatable bonds is 5. The molecule has 0 aliphatic heterocycles. The van der Waals surface area contributed by atoms with E-state index in [0.29, 0.717) is 0 Å². The van der Waals surface area contributed by atoms with Crippen molar-refractivity contribution in [1.82, 2.24) is 9.71 Å². The van der Waals surface area contributed by atoms with Crippen LogP contribution in [0, 0.1) is 0 Å². The second-order valence-corrected chi connectivity index (χ2v) is 6.27. The Labute approximate surface area is 126 Å². The number of carbonyl (C=O) groups is 1. The zero-order valence-electron chi connectivity index (χ0n) is 10.7. The molecule has 0 spiro atoms. The molecule has 0 unspecified atom stereocenters. The van der Waals surface area contributed by atoms with Gasteiger partial charge in [-0.2, -0.15) is 0 Å². The van der Waals surface area contributed by atoms with Gasteiger partial charge in [0.1, 0.15) is 4.90 Å². The van der Waals surface area contributed by atoms with Crippen LogP contribution in [0.2, 0.25) is 5.02 Å². The van der Waals surface area contributed by atoms with E-state index in [1.807, 2.05) is 0 Å². The molecule has 2 rings (SSSR count). The number of nitrogens with zero attached hydrogens (tertiary/aromatic N) is 1. The number of carboxylic acid groups (broad SMARTS) is 1. The normalized spacial score (nSPS) is 11.3. The van der Waals surface area contributed by atoms with Crippen LogP contribution in [-0.4, -0.2) is 24.5 Å². The first-order chi connectivity index (χ1) is 9.90. The fourth-order valence-electron chi connectivity index (χ4n) is 1.60. The van der Waals surface area contributed by atoms with Gasteiger partial charge >= 0.3 is 5.97 Å². The van der Waals surface area contributed by atoms with Crippen LogP contribution in [0.5, 0.6) is 0 Å². The smallest absolute Gasteiger partial charge is 0.335 e. The molecule has 2 aromatic rings. The van der Waals surface area contributed by atoms with Gasteiger partial charge in [-0.15, -0.1) is 0 Å². The zero-order chi connectivity index (χ0) is 15.5. The van der Waals surface area contributed by atoms with Crippen LogP contribution in [0.3, 0.4) is 0 Å². The lowest BCUT2D eigenvalue weighted by molar-refractivity contribution is 0.0696. The molecular weight excluding hydrogens is 316 g/mol. The first-order valence-corrected chi connectivity index (χ1v) is 7.67. The monoisotopic (exact) mass is 326 g/mol. The summed E-state index contributed by atoms with van der Waals surface area (Å²) in [4.78, 5) is 14.5. The number of hydrogen-bond acceptors (Lipinski definition) is 4. The molecule has 1 heterocycles. The molecule has 0 fully saturated rings. The van der Waals surface area contributed by atoms with Crippen molar-refractivity contribution in [1.29, 1.82) is 0 Å². The minimum absolute atomic E-state index is 0.0396. The molecule has 0 radical (unpaired) electrons. The molecule has 21 heavy (non-hydrogen) atoms. The van der Waals surface area contributed by atoms with E-state index in [-0.39, 0.29) is 22.0 Å². The molecule has 0 atom stereocenters. The Morgan fingerprint density at radius 2 is 1.90 bits per heavy atom. The number of pyridine rings is 1. The lowest BCUT2D eigenvalue weighted by atomic mass is 10.2. The number of benzene rings is 1. The summed E-state index contributed by atoms with van der Waals surface area (Å²) in [5.74, 6) is -1.22. The summed E-state index contributed by atoms with van der Waals surface area (Å²) < 4.78 is 26.8. The third-order valence-corrected chi connectivity index (χ3v) is 4.57. The van der Waals surface area contributed by atoms with Crippen molar-refractivity contribution in [2.75, 3.05) is 0 Å². The largest absolute Gasteiger partial charge is 0.478 e. The molecule has 1 aromatic carbocycles. The molecule has 0 bridgehead atoms. The van der Waals surface area contributed by atoms with Gasteiger partial charge in [0, 0.05) is 18.9 Å². The van der Waals surface area contributed by atoms with Crippen molar-refractivity contribution < 1.29 is 18.3 Å². The Morgan fingerprint density at radius 1 is 1.24 bits per heavy atom. The fourth-order valence-corrected chi connectivity index (χ4v) is 3.14. The summed E-state index contributed by atoms with van der Waals surface area (Å²) in [6, 6.07) is 6.84. The van der Waals surface area contributed by atoms with E-state index >= 15 is 0 Å². The molecular formula is C13H11ClN2O4S. The van der Waals surface area contributed by atoms with E-state index in [4.69, 9.17) is 16.7 Å². The number of hydrogen-bond donors (Lipinski definition) is 2. The molecule has 0 aliphatic carbocycles. The highest BCUT2D eigenvalue weighted by atomic mass is 35.5. The van der Waals surface area contributed by atoms with E-state index in [9.17, 15) is 13.2 Å². The summed E-state index contributed by atoms with van der Waals surface area (Å²) in [5.41, 5.74) is 0.572. The third kappa shape index (κ3) is 3.78.